The van der Waals surface area contributed by atoms with Crippen LogP contribution in [0.4, 0.5) is 4.79 Å². The summed E-state index contributed by atoms with van der Waals surface area (Å²) in [6.45, 7) is 16.8. The minimum absolute atomic E-state index is 0.0379. The number of alkyl carbamates (subject to hydrolysis) is 1. The summed E-state index contributed by atoms with van der Waals surface area (Å²) in [5.74, 6) is 0. The molecule has 1 aliphatic rings. The molecule has 1 aliphatic carbocycles. The van der Waals surface area contributed by atoms with Gasteiger partial charge in [-0.3, -0.25) is 0 Å². The van der Waals surface area contributed by atoms with Crippen LogP contribution in [0, 0.1) is 0 Å². The Hall–Kier alpha value is -0.333. The lowest BCUT2D eigenvalue weighted by molar-refractivity contribution is 0.0506. The van der Waals surface area contributed by atoms with Crippen molar-refractivity contribution in [2.45, 2.75) is 90.3 Å². The second kappa shape index (κ2) is 7.27. The largest absolute Gasteiger partial charge is 0.444 e. The zero-order chi connectivity index (χ0) is 18.1. The topological polar surface area (TPSA) is 47.6 Å². The molecule has 23 heavy (non-hydrogen) atoms. The normalized spacial score (nSPS) is 23.3. The molecule has 0 radical (unpaired) electrons. The number of rotatable bonds is 3. The number of amides is 1. The highest BCUT2D eigenvalue weighted by atomic mass is 79.9. The maximum absolute atomic E-state index is 11.9. The zero-order valence-corrected chi connectivity index (χ0v) is 18.3. The quantitative estimate of drug-likeness (QED) is 0.644. The average molecular weight is 406 g/mol. The molecular formula is C17H32BrNO3Si. The van der Waals surface area contributed by atoms with Gasteiger partial charge in [0.05, 0.1) is 12.1 Å². The second-order valence-electron chi connectivity index (χ2n) is 8.74. The smallest absolute Gasteiger partial charge is 0.408 e. The van der Waals surface area contributed by atoms with Crippen LogP contribution in [0.2, 0.25) is 18.1 Å². The van der Waals surface area contributed by atoms with Gasteiger partial charge in [0.1, 0.15) is 5.60 Å². The molecule has 4 nitrogen and oxygen atoms in total. The summed E-state index contributed by atoms with van der Waals surface area (Å²) in [6, 6.07) is -0.0379. The zero-order valence-electron chi connectivity index (χ0n) is 15.7. The fourth-order valence-corrected chi connectivity index (χ4v) is 4.02. The molecule has 2 atom stereocenters. The molecular weight excluding hydrogens is 374 g/mol. The van der Waals surface area contributed by atoms with Gasteiger partial charge in [0.25, 0.3) is 0 Å². The van der Waals surface area contributed by atoms with Crippen LogP contribution in [0.3, 0.4) is 0 Å². The van der Waals surface area contributed by atoms with Crippen LogP contribution in [0.5, 0.6) is 0 Å². The summed E-state index contributed by atoms with van der Waals surface area (Å²) in [5.41, 5.74) is -0.483. The SMILES string of the molecule is CC(C)(C)OC(=O)N[C@@H]1CC[C@H](O[Si](C)(C)C(C)(C)C)C=C1Br. The molecule has 0 heterocycles. The Labute approximate surface area is 150 Å². The maximum Gasteiger partial charge on any atom is 0.408 e. The lowest BCUT2D eigenvalue weighted by Crippen LogP contribution is -2.46. The van der Waals surface area contributed by atoms with Gasteiger partial charge in [-0.2, -0.15) is 0 Å². The summed E-state index contributed by atoms with van der Waals surface area (Å²) in [5, 5.41) is 3.11. The minimum Gasteiger partial charge on any atom is -0.444 e. The molecule has 0 saturated carbocycles. The Morgan fingerprint density at radius 1 is 1.22 bits per heavy atom. The van der Waals surface area contributed by atoms with Crippen LogP contribution >= 0.6 is 15.9 Å². The number of carbonyl (C=O) groups is 1. The first-order valence-electron chi connectivity index (χ1n) is 8.26. The maximum atomic E-state index is 11.9. The summed E-state index contributed by atoms with van der Waals surface area (Å²) in [7, 11) is -1.79. The molecule has 0 aromatic carbocycles. The van der Waals surface area contributed by atoms with Crippen LogP contribution in [0.15, 0.2) is 10.6 Å². The van der Waals surface area contributed by atoms with Crippen molar-refractivity contribution in [2.24, 2.45) is 0 Å². The van der Waals surface area contributed by atoms with Crippen LogP contribution in [-0.4, -0.2) is 32.2 Å². The fourth-order valence-electron chi connectivity index (χ4n) is 2.08. The van der Waals surface area contributed by atoms with Gasteiger partial charge in [-0.05, 0) is 57.8 Å². The van der Waals surface area contributed by atoms with E-state index in [0.29, 0.717) is 0 Å². The molecule has 0 fully saturated rings. The first-order valence-corrected chi connectivity index (χ1v) is 12.0. The van der Waals surface area contributed by atoms with E-state index in [1.54, 1.807) is 0 Å². The summed E-state index contributed by atoms with van der Waals surface area (Å²) < 4.78 is 12.7. The molecule has 1 amide bonds. The Morgan fingerprint density at radius 3 is 2.22 bits per heavy atom. The van der Waals surface area contributed by atoms with Crippen LogP contribution < -0.4 is 5.32 Å². The standard InChI is InChI=1S/C17H32BrNO3Si/c1-16(2,3)21-15(20)19-14-10-9-12(11-13(14)18)22-23(7,8)17(4,5)6/h11-12,14H,9-10H2,1-8H3,(H,19,20)/t12-,14+/m0/s1. The molecule has 0 aliphatic heterocycles. The van der Waals surface area contributed by atoms with E-state index < -0.39 is 13.9 Å². The van der Waals surface area contributed by atoms with E-state index in [-0.39, 0.29) is 23.3 Å². The molecule has 6 heteroatoms. The van der Waals surface area contributed by atoms with Crippen LogP contribution in [-0.2, 0) is 9.16 Å². The number of halogens is 1. The van der Waals surface area contributed by atoms with Crippen molar-refractivity contribution in [3.63, 3.8) is 0 Å². The third-order valence-corrected chi connectivity index (χ3v) is 9.68. The molecule has 0 saturated heterocycles. The van der Waals surface area contributed by atoms with Crippen LogP contribution in [0.25, 0.3) is 0 Å². The Bertz CT molecular complexity index is 463. The van der Waals surface area contributed by atoms with Crippen molar-refractivity contribution in [3.8, 4) is 0 Å². The van der Waals surface area contributed by atoms with E-state index in [0.717, 1.165) is 17.3 Å². The summed E-state index contributed by atoms with van der Waals surface area (Å²) in [6.07, 6.45) is 3.57. The summed E-state index contributed by atoms with van der Waals surface area (Å²) in [4.78, 5) is 11.9. The van der Waals surface area contributed by atoms with Gasteiger partial charge in [-0.25, -0.2) is 4.79 Å². The molecule has 0 spiro atoms. The fraction of sp³-hybridized carbons (Fsp3) is 0.824. The van der Waals surface area contributed by atoms with E-state index in [1.165, 1.54) is 0 Å². The van der Waals surface area contributed by atoms with E-state index >= 15 is 0 Å². The Balaban J connectivity index is 2.65. The first-order chi connectivity index (χ1) is 10.2. The molecule has 1 rings (SSSR count). The van der Waals surface area contributed by atoms with Crippen molar-refractivity contribution in [1.29, 1.82) is 0 Å². The minimum atomic E-state index is -1.79. The van der Waals surface area contributed by atoms with Crippen molar-refractivity contribution >= 4 is 30.3 Å². The van der Waals surface area contributed by atoms with Gasteiger partial charge in [0.2, 0.25) is 0 Å². The van der Waals surface area contributed by atoms with Gasteiger partial charge in [0.15, 0.2) is 8.32 Å². The lowest BCUT2D eigenvalue weighted by atomic mass is 10.0. The van der Waals surface area contributed by atoms with Gasteiger partial charge in [0, 0.05) is 4.48 Å². The van der Waals surface area contributed by atoms with Gasteiger partial charge in [-0.15, -0.1) is 0 Å². The third kappa shape index (κ3) is 6.59. The number of carbonyl (C=O) groups excluding carboxylic acids is 1. The average Bonchev–Trinajstić information content (AvgIpc) is 2.28. The predicted molar refractivity (Wildman–Crippen MR) is 101 cm³/mol. The number of nitrogens with one attached hydrogen (secondary N) is 1. The number of hydrogen-bond acceptors (Lipinski definition) is 3. The first kappa shape index (κ1) is 20.7. The number of hydrogen-bond donors (Lipinski definition) is 1. The van der Waals surface area contributed by atoms with E-state index in [1.807, 2.05) is 20.8 Å². The van der Waals surface area contributed by atoms with E-state index in [2.05, 4.69) is 61.2 Å². The van der Waals surface area contributed by atoms with E-state index in [4.69, 9.17) is 9.16 Å². The highest BCUT2D eigenvalue weighted by molar-refractivity contribution is 9.11. The van der Waals surface area contributed by atoms with Crippen molar-refractivity contribution in [1.82, 2.24) is 5.32 Å². The Kier molecular flexibility index (Phi) is 6.55. The molecule has 1 N–H and O–H groups in total. The van der Waals surface area contributed by atoms with Gasteiger partial charge < -0.3 is 14.5 Å². The van der Waals surface area contributed by atoms with Crippen molar-refractivity contribution < 1.29 is 14.0 Å². The predicted octanol–water partition coefficient (Wildman–Crippen LogP) is 5.34. The highest BCUT2D eigenvalue weighted by Crippen LogP contribution is 2.39. The molecule has 0 bridgehead atoms. The molecule has 0 aromatic heterocycles. The van der Waals surface area contributed by atoms with Crippen LogP contribution in [0.1, 0.15) is 54.4 Å². The molecule has 0 unspecified atom stereocenters. The van der Waals surface area contributed by atoms with Crippen molar-refractivity contribution in [3.05, 3.63) is 10.6 Å². The molecule has 134 valence electrons. The van der Waals surface area contributed by atoms with Gasteiger partial charge >= 0.3 is 6.09 Å². The second-order valence-corrected chi connectivity index (χ2v) is 14.4. The third-order valence-electron chi connectivity index (χ3n) is 4.36. The lowest BCUT2D eigenvalue weighted by Gasteiger charge is -2.40. The van der Waals surface area contributed by atoms with Gasteiger partial charge in [-0.1, -0.05) is 36.7 Å². The molecule has 0 aromatic rings. The van der Waals surface area contributed by atoms with E-state index in [9.17, 15) is 4.79 Å². The monoisotopic (exact) mass is 405 g/mol. The van der Waals surface area contributed by atoms with Crippen molar-refractivity contribution in [2.75, 3.05) is 0 Å². The number of ether oxygens (including phenoxy) is 1. The highest BCUT2D eigenvalue weighted by Gasteiger charge is 2.39. The Morgan fingerprint density at radius 2 is 1.78 bits per heavy atom. The summed E-state index contributed by atoms with van der Waals surface area (Å²) >= 11 is 3.59.